The zero-order chi connectivity index (χ0) is 22.9. The maximum absolute atomic E-state index is 6.02. The fourth-order valence-corrected chi connectivity index (χ4v) is 3.49. The van der Waals surface area contributed by atoms with Gasteiger partial charge in [0, 0.05) is 22.2 Å². The molecule has 0 saturated heterocycles. The van der Waals surface area contributed by atoms with Gasteiger partial charge in [0.1, 0.15) is 36.2 Å². The fraction of sp³-hybridized carbons (Fsp3) is 0.0769. The van der Waals surface area contributed by atoms with E-state index in [0.29, 0.717) is 46.3 Å². The van der Waals surface area contributed by atoms with Crippen LogP contribution in [0.25, 0.3) is 0 Å². The first kappa shape index (κ1) is 22.9. The van der Waals surface area contributed by atoms with Crippen molar-refractivity contribution in [1.82, 2.24) is 0 Å². The summed E-state index contributed by atoms with van der Waals surface area (Å²) >= 11 is 12.0. The van der Waals surface area contributed by atoms with Gasteiger partial charge >= 0.3 is 7.69 Å². The van der Waals surface area contributed by atoms with Crippen molar-refractivity contribution < 1.29 is 18.8 Å². The number of ether oxygens (including phenoxy) is 2. The van der Waals surface area contributed by atoms with Crippen LogP contribution in [0.4, 0.5) is 0 Å². The van der Waals surface area contributed by atoms with E-state index in [1.54, 1.807) is 0 Å². The zero-order valence-corrected chi connectivity index (χ0v) is 19.3. The van der Waals surface area contributed by atoms with Crippen LogP contribution in [0.1, 0.15) is 11.1 Å². The second-order valence-corrected chi connectivity index (χ2v) is 8.07. The second kappa shape index (κ2) is 11.5. The van der Waals surface area contributed by atoms with Gasteiger partial charge in [-0.2, -0.15) is 0 Å². The quantitative estimate of drug-likeness (QED) is 0.233. The van der Waals surface area contributed by atoms with Crippen molar-refractivity contribution in [3.8, 4) is 23.0 Å². The Labute approximate surface area is 203 Å². The molecule has 0 spiro atoms. The molecule has 0 amide bonds. The van der Waals surface area contributed by atoms with Crippen LogP contribution in [0.5, 0.6) is 23.0 Å². The lowest BCUT2D eigenvalue weighted by Crippen LogP contribution is -2.11. The molecule has 4 aromatic carbocycles. The molecule has 166 valence electrons. The summed E-state index contributed by atoms with van der Waals surface area (Å²) in [5.74, 6) is 2.69. The minimum atomic E-state index is 0.0511. The molecule has 0 atom stereocenters. The predicted octanol–water partition coefficient (Wildman–Crippen LogP) is 6.88. The SMILES string of the molecule is Clc1cccc(COc2cccc(OBOc3cccc(OCc4cccc(Cl)c4)c3)c2)c1. The van der Waals surface area contributed by atoms with Gasteiger partial charge < -0.3 is 18.8 Å². The molecule has 4 rings (SSSR count). The van der Waals surface area contributed by atoms with Gasteiger partial charge in [0.25, 0.3) is 0 Å². The summed E-state index contributed by atoms with van der Waals surface area (Å²) in [6.07, 6.45) is 0. The Bertz CT molecular complexity index is 1110. The van der Waals surface area contributed by atoms with E-state index in [4.69, 9.17) is 42.0 Å². The molecule has 0 aromatic heterocycles. The second-order valence-electron chi connectivity index (χ2n) is 7.19. The first-order valence-electron chi connectivity index (χ1n) is 10.3. The summed E-state index contributed by atoms with van der Waals surface area (Å²) in [6.45, 7) is 0.838. The number of benzene rings is 4. The molecule has 0 aliphatic heterocycles. The first-order valence-corrected chi connectivity index (χ1v) is 11.1. The average Bonchev–Trinajstić information content (AvgIpc) is 2.82. The van der Waals surface area contributed by atoms with E-state index in [9.17, 15) is 0 Å². The maximum atomic E-state index is 6.02. The van der Waals surface area contributed by atoms with E-state index in [1.807, 2.05) is 97.1 Å². The van der Waals surface area contributed by atoms with Crippen LogP contribution in [0.3, 0.4) is 0 Å². The Morgan fingerprint density at radius 3 is 1.39 bits per heavy atom. The highest BCUT2D eigenvalue weighted by Gasteiger charge is 2.04. The Kier molecular flexibility index (Phi) is 8.02. The predicted molar refractivity (Wildman–Crippen MR) is 133 cm³/mol. The van der Waals surface area contributed by atoms with Crippen LogP contribution in [-0.2, 0) is 13.2 Å². The monoisotopic (exact) mass is 478 g/mol. The summed E-state index contributed by atoms with van der Waals surface area (Å²) in [4.78, 5) is 0. The lowest BCUT2D eigenvalue weighted by Gasteiger charge is -2.11. The minimum absolute atomic E-state index is 0.0511. The van der Waals surface area contributed by atoms with Gasteiger partial charge in [-0.15, -0.1) is 0 Å². The molecule has 0 heterocycles. The number of hydrogen-bond donors (Lipinski definition) is 0. The van der Waals surface area contributed by atoms with E-state index in [2.05, 4.69) is 0 Å². The van der Waals surface area contributed by atoms with Gasteiger partial charge in [-0.1, -0.05) is 59.6 Å². The molecular formula is C26H21BCl2O4. The highest BCUT2D eigenvalue weighted by Crippen LogP contribution is 2.23. The number of halogens is 2. The lowest BCUT2D eigenvalue weighted by atomic mass is 10.2. The van der Waals surface area contributed by atoms with Gasteiger partial charge in [-0.05, 0) is 59.7 Å². The van der Waals surface area contributed by atoms with E-state index in [1.165, 1.54) is 0 Å². The van der Waals surface area contributed by atoms with Crippen molar-refractivity contribution in [3.05, 3.63) is 118 Å². The summed E-state index contributed by atoms with van der Waals surface area (Å²) in [5.41, 5.74) is 1.99. The smallest absolute Gasteiger partial charge is 0.528 e. The molecule has 0 aliphatic carbocycles. The van der Waals surface area contributed by atoms with E-state index < -0.39 is 0 Å². The van der Waals surface area contributed by atoms with Gasteiger partial charge in [0.2, 0.25) is 0 Å². The molecule has 7 heteroatoms. The highest BCUT2D eigenvalue weighted by molar-refractivity contribution is 6.30. The Morgan fingerprint density at radius 2 is 0.939 bits per heavy atom. The third-order valence-corrected chi connectivity index (χ3v) is 5.12. The zero-order valence-electron chi connectivity index (χ0n) is 17.7. The maximum Gasteiger partial charge on any atom is 0.576 e. The van der Waals surface area contributed by atoms with Crippen LogP contribution in [0.15, 0.2) is 97.1 Å². The van der Waals surface area contributed by atoms with Gasteiger partial charge in [0.05, 0.1) is 0 Å². The summed E-state index contributed by atoms with van der Waals surface area (Å²) in [6, 6.07) is 30.0. The number of rotatable bonds is 10. The molecule has 4 nitrogen and oxygen atoms in total. The molecule has 4 aromatic rings. The third kappa shape index (κ3) is 7.38. The molecule has 0 radical (unpaired) electrons. The van der Waals surface area contributed by atoms with Crippen LogP contribution < -0.4 is 18.8 Å². The van der Waals surface area contributed by atoms with Crippen LogP contribution in [0, 0.1) is 0 Å². The molecular weight excluding hydrogens is 458 g/mol. The molecule has 0 fully saturated rings. The van der Waals surface area contributed by atoms with Crippen molar-refractivity contribution in [2.75, 3.05) is 0 Å². The van der Waals surface area contributed by atoms with Crippen molar-refractivity contribution in [1.29, 1.82) is 0 Å². The minimum Gasteiger partial charge on any atom is -0.528 e. The van der Waals surface area contributed by atoms with E-state index in [-0.39, 0.29) is 7.69 Å². The largest absolute Gasteiger partial charge is 0.576 e. The van der Waals surface area contributed by atoms with Gasteiger partial charge in [-0.25, -0.2) is 0 Å². The summed E-state index contributed by atoms with van der Waals surface area (Å²) in [7, 11) is 0.0511. The van der Waals surface area contributed by atoms with E-state index >= 15 is 0 Å². The topological polar surface area (TPSA) is 36.9 Å². The third-order valence-electron chi connectivity index (χ3n) is 4.65. The van der Waals surface area contributed by atoms with Crippen molar-refractivity contribution >= 4 is 30.9 Å². The van der Waals surface area contributed by atoms with Crippen LogP contribution in [-0.4, -0.2) is 7.69 Å². The van der Waals surface area contributed by atoms with Gasteiger partial charge in [-0.3, -0.25) is 0 Å². The standard InChI is InChI=1S/C26H21BCl2O4/c28-21-7-1-5-19(13-21)17-30-23-9-3-11-25(15-23)32-27-33-26-12-4-10-24(16-26)31-18-20-6-2-8-22(29)14-20/h1-16,27H,17-18H2. The molecule has 0 saturated carbocycles. The molecule has 0 N–H and O–H groups in total. The van der Waals surface area contributed by atoms with Crippen molar-refractivity contribution in [2.24, 2.45) is 0 Å². The summed E-state index contributed by atoms with van der Waals surface area (Å²) in [5, 5.41) is 1.37. The normalized spacial score (nSPS) is 10.4. The molecule has 33 heavy (non-hydrogen) atoms. The van der Waals surface area contributed by atoms with Crippen LogP contribution in [0.2, 0.25) is 10.0 Å². The van der Waals surface area contributed by atoms with Crippen LogP contribution >= 0.6 is 23.2 Å². The molecule has 0 bridgehead atoms. The lowest BCUT2D eigenvalue weighted by molar-refractivity contribution is 0.304. The average molecular weight is 479 g/mol. The first-order chi connectivity index (χ1) is 16.1. The Morgan fingerprint density at radius 1 is 0.515 bits per heavy atom. The number of hydrogen-bond acceptors (Lipinski definition) is 4. The molecule has 0 aliphatic rings. The van der Waals surface area contributed by atoms with E-state index in [0.717, 1.165) is 11.1 Å². The van der Waals surface area contributed by atoms with Crippen molar-refractivity contribution in [2.45, 2.75) is 13.2 Å². The fourth-order valence-electron chi connectivity index (χ4n) is 3.06. The van der Waals surface area contributed by atoms with Gasteiger partial charge in [0.15, 0.2) is 0 Å². The molecule has 0 unspecified atom stereocenters. The highest BCUT2D eigenvalue weighted by atomic mass is 35.5. The Hall–Kier alpha value is -3.28. The summed E-state index contributed by atoms with van der Waals surface area (Å²) < 4.78 is 23.1. The van der Waals surface area contributed by atoms with Crippen molar-refractivity contribution in [3.63, 3.8) is 0 Å². The Balaban J connectivity index is 1.26.